The Morgan fingerprint density at radius 2 is 2.11 bits per heavy atom. The first-order valence-electron chi connectivity index (χ1n) is 2.53. The lowest BCUT2D eigenvalue weighted by molar-refractivity contribution is 0.135. The van der Waals surface area contributed by atoms with Crippen LogP contribution >= 0.6 is 0 Å². The number of nitrogens with zero attached hydrogens (tertiary/aromatic N) is 3. The van der Waals surface area contributed by atoms with Crippen molar-refractivity contribution >= 4 is 5.84 Å². The smallest absolute Gasteiger partial charge is 0.137 e. The van der Waals surface area contributed by atoms with Gasteiger partial charge < -0.3 is 5.73 Å². The number of hydrogen-bond acceptors (Lipinski definition) is 6. The van der Waals surface area contributed by atoms with Gasteiger partial charge in [-0.1, -0.05) is 0 Å². The summed E-state index contributed by atoms with van der Waals surface area (Å²) in [6.07, 6.45) is 0. The minimum Gasteiger partial charge on any atom is -0.385 e. The molecule has 0 aromatic carbocycles. The largest absolute Gasteiger partial charge is 0.385 e. The van der Waals surface area contributed by atoms with E-state index in [2.05, 4.69) is 5.10 Å². The fourth-order valence-corrected chi connectivity index (χ4v) is 0.672. The minimum atomic E-state index is 0.417. The zero-order chi connectivity index (χ0) is 6.85. The SMILES string of the molecule is NC1=NN(N)CN(N)C1. The van der Waals surface area contributed by atoms with Crippen molar-refractivity contribution in [3.63, 3.8) is 0 Å². The van der Waals surface area contributed by atoms with Crippen LogP contribution in [-0.4, -0.2) is 29.2 Å². The molecule has 6 heteroatoms. The number of amidine groups is 1. The van der Waals surface area contributed by atoms with Gasteiger partial charge in [0.05, 0.1) is 6.54 Å². The van der Waals surface area contributed by atoms with Gasteiger partial charge in [0.2, 0.25) is 0 Å². The zero-order valence-electron chi connectivity index (χ0n) is 4.99. The molecule has 0 bridgehead atoms. The number of nitrogens with two attached hydrogens (primary N) is 3. The fraction of sp³-hybridized carbons (Fsp3) is 0.667. The highest BCUT2D eigenvalue weighted by molar-refractivity contribution is 5.82. The van der Waals surface area contributed by atoms with Crippen LogP contribution < -0.4 is 17.4 Å². The van der Waals surface area contributed by atoms with E-state index in [4.69, 9.17) is 17.4 Å². The van der Waals surface area contributed by atoms with Crippen LogP contribution in [0.5, 0.6) is 0 Å². The average Bonchev–Trinajstić information content (AvgIpc) is 1.59. The molecule has 0 spiro atoms. The Kier molecular flexibility index (Phi) is 1.52. The average molecular weight is 130 g/mol. The van der Waals surface area contributed by atoms with Gasteiger partial charge in [-0.25, -0.2) is 16.0 Å². The molecule has 0 aromatic rings. The Labute approximate surface area is 52.8 Å². The Bertz CT molecular complexity index is 130. The molecule has 0 unspecified atom stereocenters. The molecule has 1 aliphatic rings. The molecule has 1 heterocycles. The number of rotatable bonds is 0. The molecule has 0 radical (unpaired) electrons. The van der Waals surface area contributed by atoms with E-state index in [9.17, 15) is 0 Å². The molecular weight excluding hydrogens is 120 g/mol. The lowest BCUT2D eigenvalue weighted by atomic mass is 10.5. The van der Waals surface area contributed by atoms with Crippen LogP contribution in [0.15, 0.2) is 5.10 Å². The lowest BCUT2D eigenvalue weighted by Crippen LogP contribution is -2.51. The summed E-state index contributed by atoms with van der Waals surface area (Å²) in [5, 5.41) is 6.38. The van der Waals surface area contributed by atoms with Crippen molar-refractivity contribution in [2.45, 2.75) is 0 Å². The summed E-state index contributed by atoms with van der Waals surface area (Å²) in [6.45, 7) is 0.897. The summed E-state index contributed by atoms with van der Waals surface area (Å²) in [5.74, 6) is 11.1. The summed E-state index contributed by atoms with van der Waals surface area (Å²) in [6, 6.07) is 0. The van der Waals surface area contributed by atoms with Gasteiger partial charge in [-0.15, -0.1) is 5.10 Å². The summed E-state index contributed by atoms with van der Waals surface area (Å²) >= 11 is 0. The standard InChI is InChI=1S/C3H10N6/c4-3-1-8(5)2-9(6)7-3/h1-2,5-6H2,(H2,4,7). The monoisotopic (exact) mass is 130 g/mol. The van der Waals surface area contributed by atoms with Gasteiger partial charge in [-0.05, 0) is 0 Å². The van der Waals surface area contributed by atoms with Crippen molar-refractivity contribution < 1.29 is 0 Å². The number of hydrazine groups is 2. The first-order chi connectivity index (χ1) is 4.18. The Balaban J connectivity index is 2.56. The van der Waals surface area contributed by atoms with Crippen LogP contribution in [0.2, 0.25) is 0 Å². The first-order valence-corrected chi connectivity index (χ1v) is 2.53. The molecule has 0 aliphatic carbocycles. The van der Waals surface area contributed by atoms with Crippen LogP contribution in [0.4, 0.5) is 0 Å². The lowest BCUT2D eigenvalue weighted by Gasteiger charge is -2.25. The summed E-state index contributed by atoms with van der Waals surface area (Å²) in [5.41, 5.74) is 5.32. The van der Waals surface area contributed by atoms with Crippen LogP contribution in [0.25, 0.3) is 0 Å². The maximum absolute atomic E-state index is 5.37. The highest BCUT2D eigenvalue weighted by Crippen LogP contribution is 1.89. The summed E-state index contributed by atoms with van der Waals surface area (Å²) in [4.78, 5) is 0. The van der Waals surface area contributed by atoms with Gasteiger partial charge in [-0.2, -0.15) is 0 Å². The Morgan fingerprint density at radius 3 is 2.56 bits per heavy atom. The second-order valence-electron chi connectivity index (χ2n) is 1.92. The molecule has 9 heavy (non-hydrogen) atoms. The highest BCUT2D eigenvalue weighted by Gasteiger charge is 2.10. The van der Waals surface area contributed by atoms with Gasteiger partial charge in [-0.3, -0.25) is 5.84 Å². The molecule has 52 valence electrons. The topological polar surface area (TPSA) is 96.9 Å². The van der Waals surface area contributed by atoms with Gasteiger partial charge in [0.15, 0.2) is 0 Å². The maximum atomic E-state index is 5.37. The molecule has 0 aromatic heterocycles. The minimum absolute atomic E-state index is 0.417. The molecule has 0 amide bonds. The van der Waals surface area contributed by atoms with Gasteiger partial charge in [0, 0.05) is 0 Å². The zero-order valence-corrected chi connectivity index (χ0v) is 4.99. The molecule has 0 fully saturated rings. The van der Waals surface area contributed by atoms with E-state index in [1.54, 1.807) is 0 Å². The van der Waals surface area contributed by atoms with Gasteiger partial charge in [0.25, 0.3) is 0 Å². The molecule has 0 saturated heterocycles. The van der Waals surface area contributed by atoms with Crippen LogP contribution in [0.1, 0.15) is 0 Å². The predicted octanol–water partition coefficient (Wildman–Crippen LogP) is -2.42. The van der Waals surface area contributed by atoms with Crippen molar-refractivity contribution in [3.05, 3.63) is 0 Å². The van der Waals surface area contributed by atoms with Crippen molar-refractivity contribution in [2.24, 2.45) is 22.5 Å². The molecule has 1 rings (SSSR count). The van der Waals surface area contributed by atoms with Crippen LogP contribution in [0.3, 0.4) is 0 Å². The predicted molar refractivity (Wildman–Crippen MR) is 33.4 cm³/mol. The number of hydrogen-bond donors (Lipinski definition) is 3. The van der Waals surface area contributed by atoms with E-state index >= 15 is 0 Å². The molecule has 0 atom stereocenters. The van der Waals surface area contributed by atoms with Crippen molar-refractivity contribution in [3.8, 4) is 0 Å². The molecular formula is C3H10N6. The molecule has 6 nitrogen and oxygen atoms in total. The summed E-state index contributed by atoms with van der Waals surface area (Å²) in [7, 11) is 0. The molecule has 0 saturated carbocycles. The number of hydrazone groups is 1. The summed E-state index contributed by atoms with van der Waals surface area (Å²) < 4.78 is 0. The third-order valence-electron chi connectivity index (χ3n) is 0.949. The third kappa shape index (κ3) is 1.53. The first kappa shape index (κ1) is 6.27. The van der Waals surface area contributed by atoms with E-state index in [0.717, 1.165) is 0 Å². The maximum Gasteiger partial charge on any atom is 0.137 e. The van der Waals surface area contributed by atoms with Crippen LogP contribution in [0, 0.1) is 0 Å². The van der Waals surface area contributed by atoms with E-state index < -0.39 is 0 Å². The highest BCUT2D eigenvalue weighted by atomic mass is 15.7. The molecule has 1 aliphatic heterocycles. The van der Waals surface area contributed by atoms with Gasteiger partial charge >= 0.3 is 0 Å². The van der Waals surface area contributed by atoms with Crippen LogP contribution in [-0.2, 0) is 0 Å². The van der Waals surface area contributed by atoms with E-state index in [0.29, 0.717) is 19.0 Å². The van der Waals surface area contributed by atoms with Gasteiger partial charge in [0.1, 0.15) is 12.5 Å². The Morgan fingerprint density at radius 1 is 1.44 bits per heavy atom. The van der Waals surface area contributed by atoms with E-state index in [1.165, 1.54) is 10.1 Å². The van der Waals surface area contributed by atoms with Crippen molar-refractivity contribution in [1.82, 2.24) is 10.1 Å². The molecule has 6 N–H and O–H groups in total. The van der Waals surface area contributed by atoms with Crippen molar-refractivity contribution in [1.29, 1.82) is 0 Å². The second kappa shape index (κ2) is 2.18. The fourth-order valence-electron chi connectivity index (χ4n) is 0.672. The van der Waals surface area contributed by atoms with E-state index in [1.807, 2.05) is 0 Å². The second-order valence-corrected chi connectivity index (χ2v) is 1.92. The quantitative estimate of drug-likeness (QED) is 0.317. The van der Waals surface area contributed by atoms with Crippen molar-refractivity contribution in [2.75, 3.05) is 13.2 Å². The van der Waals surface area contributed by atoms with E-state index in [-0.39, 0.29) is 0 Å². The normalized spacial score (nSPS) is 22.0. The third-order valence-corrected chi connectivity index (χ3v) is 0.949. The Hall–Kier alpha value is -0.850.